The van der Waals surface area contributed by atoms with Gasteiger partial charge >= 0.3 is 5.97 Å². The highest BCUT2D eigenvalue weighted by atomic mass is 16.6. The first-order chi connectivity index (χ1) is 12.0. The summed E-state index contributed by atoms with van der Waals surface area (Å²) in [7, 11) is 0. The number of nitrogens with zero attached hydrogens (tertiary/aromatic N) is 2. The number of hydrogen-bond donors (Lipinski definition) is 1. The molecule has 0 saturated carbocycles. The van der Waals surface area contributed by atoms with Crippen molar-refractivity contribution in [1.82, 2.24) is 4.90 Å². The minimum atomic E-state index is -1.01. The highest BCUT2D eigenvalue weighted by Crippen LogP contribution is 2.55. The Morgan fingerprint density at radius 3 is 3.04 bits per heavy atom. The number of esters is 1. The molecule has 1 aromatic rings. The van der Waals surface area contributed by atoms with Crippen molar-refractivity contribution < 1.29 is 19.2 Å². The SMILES string of the molecule is CCOC(=O)[C@H]1C[C@]2(C(=O)Nc3ccc([N+](=O)[O-])cc32)N2CCC[C@@H]12. The van der Waals surface area contributed by atoms with Gasteiger partial charge in [-0.3, -0.25) is 24.6 Å². The van der Waals surface area contributed by atoms with E-state index in [4.69, 9.17) is 4.74 Å². The predicted octanol–water partition coefficient (Wildman–Crippen LogP) is 1.79. The molecule has 8 nitrogen and oxygen atoms in total. The topological polar surface area (TPSA) is 102 Å². The fourth-order valence-corrected chi connectivity index (χ4v) is 4.68. The van der Waals surface area contributed by atoms with Crippen molar-refractivity contribution in [3.05, 3.63) is 33.9 Å². The summed E-state index contributed by atoms with van der Waals surface area (Å²) < 4.78 is 5.22. The Bertz CT molecular complexity index is 780. The van der Waals surface area contributed by atoms with E-state index >= 15 is 0 Å². The van der Waals surface area contributed by atoms with Gasteiger partial charge in [-0.05, 0) is 38.8 Å². The van der Waals surface area contributed by atoms with Crippen LogP contribution in [0.2, 0.25) is 0 Å². The molecule has 3 aliphatic rings. The lowest BCUT2D eigenvalue weighted by atomic mass is 9.84. The number of amides is 1. The van der Waals surface area contributed by atoms with Crippen molar-refractivity contribution >= 4 is 23.3 Å². The molecule has 2 saturated heterocycles. The fraction of sp³-hybridized carbons (Fsp3) is 0.529. The molecule has 25 heavy (non-hydrogen) atoms. The van der Waals surface area contributed by atoms with E-state index in [0.717, 1.165) is 12.8 Å². The van der Waals surface area contributed by atoms with E-state index in [2.05, 4.69) is 10.2 Å². The monoisotopic (exact) mass is 345 g/mol. The number of carbonyl (C=O) groups is 2. The lowest BCUT2D eigenvalue weighted by Gasteiger charge is -2.32. The molecule has 2 fully saturated rings. The van der Waals surface area contributed by atoms with E-state index in [-0.39, 0.29) is 23.6 Å². The van der Waals surface area contributed by atoms with E-state index in [9.17, 15) is 19.7 Å². The average Bonchev–Trinajstić information content (AvgIpc) is 3.23. The van der Waals surface area contributed by atoms with Crippen LogP contribution in [0.4, 0.5) is 11.4 Å². The summed E-state index contributed by atoms with van der Waals surface area (Å²) in [6.07, 6.45) is 2.01. The summed E-state index contributed by atoms with van der Waals surface area (Å²) in [5.41, 5.74) is 0.126. The van der Waals surface area contributed by atoms with E-state index < -0.39 is 16.4 Å². The number of benzene rings is 1. The van der Waals surface area contributed by atoms with Gasteiger partial charge in [0.1, 0.15) is 5.54 Å². The first-order valence-electron chi connectivity index (χ1n) is 8.53. The van der Waals surface area contributed by atoms with E-state index in [1.54, 1.807) is 13.0 Å². The van der Waals surface area contributed by atoms with Crippen molar-refractivity contribution in [1.29, 1.82) is 0 Å². The van der Waals surface area contributed by atoms with Gasteiger partial charge in [0.05, 0.1) is 17.4 Å². The molecule has 1 spiro atoms. The molecule has 4 rings (SSSR count). The van der Waals surface area contributed by atoms with Gasteiger partial charge in [-0.25, -0.2) is 0 Å². The Morgan fingerprint density at radius 2 is 2.32 bits per heavy atom. The Balaban J connectivity index is 1.82. The molecule has 1 amide bonds. The maximum absolute atomic E-state index is 12.9. The quantitative estimate of drug-likeness (QED) is 0.509. The lowest BCUT2D eigenvalue weighted by Crippen LogP contribution is -2.47. The van der Waals surface area contributed by atoms with Crippen molar-refractivity contribution in [3.8, 4) is 0 Å². The minimum Gasteiger partial charge on any atom is -0.466 e. The van der Waals surface area contributed by atoms with Crippen molar-refractivity contribution in [2.75, 3.05) is 18.5 Å². The molecule has 0 aliphatic carbocycles. The van der Waals surface area contributed by atoms with E-state index in [1.165, 1.54) is 12.1 Å². The summed E-state index contributed by atoms with van der Waals surface area (Å²) in [5, 5.41) is 14.0. The number of rotatable bonds is 3. The maximum atomic E-state index is 12.9. The Labute approximate surface area is 144 Å². The third kappa shape index (κ3) is 2.10. The zero-order chi connectivity index (χ0) is 17.8. The van der Waals surface area contributed by atoms with E-state index in [1.807, 2.05) is 0 Å². The van der Waals surface area contributed by atoms with Crippen LogP contribution in [0.3, 0.4) is 0 Å². The molecule has 3 aliphatic heterocycles. The van der Waals surface area contributed by atoms with Crippen LogP contribution in [0.15, 0.2) is 18.2 Å². The van der Waals surface area contributed by atoms with Crippen LogP contribution in [0.1, 0.15) is 31.7 Å². The third-order valence-corrected chi connectivity index (χ3v) is 5.64. The smallest absolute Gasteiger partial charge is 0.310 e. The zero-order valence-corrected chi connectivity index (χ0v) is 13.9. The second-order valence-corrected chi connectivity index (χ2v) is 6.77. The number of anilines is 1. The molecular formula is C17H19N3O5. The molecule has 3 heterocycles. The second-order valence-electron chi connectivity index (χ2n) is 6.77. The van der Waals surface area contributed by atoms with Crippen LogP contribution in [0.5, 0.6) is 0 Å². The van der Waals surface area contributed by atoms with Crippen LogP contribution in [-0.4, -0.2) is 40.9 Å². The van der Waals surface area contributed by atoms with Crippen LogP contribution in [-0.2, 0) is 19.9 Å². The van der Waals surface area contributed by atoms with Crippen LogP contribution < -0.4 is 5.32 Å². The van der Waals surface area contributed by atoms with Crippen molar-refractivity contribution in [2.24, 2.45) is 5.92 Å². The van der Waals surface area contributed by atoms with Gasteiger partial charge in [-0.2, -0.15) is 0 Å². The first-order valence-corrected chi connectivity index (χ1v) is 8.53. The van der Waals surface area contributed by atoms with Gasteiger partial charge in [0.2, 0.25) is 5.91 Å². The zero-order valence-electron chi connectivity index (χ0n) is 13.9. The minimum absolute atomic E-state index is 0.0510. The van der Waals surface area contributed by atoms with Gasteiger partial charge in [0.25, 0.3) is 5.69 Å². The van der Waals surface area contributed by atoms with Crippen molar-refractivity contribution in [3.63, 3.8) is 0 Å². The van der Waals surface area contributed by atoms with Gasteiger partial charge in [0.15, 0.2) is 0 Å². The van der Waals surface area contributed by atoms with Crippen LogP contribution in [0, 0.1) is 16.0 Å². The first kappa shape index (κ1) is 16.0. The standard InChI is InChI=1S/C17H19N3O5/c1-2-25-15(21)11-9-17(19-7-3-4-14(11)19)12-8-10(20(23)24)5-6-13(12)18-16(17)22/h5-6,8,11,14H,2-4,7,9H2,1H3,(H,18,22)/t11-,14-,17-/m0/s1. The number of nitro benzene ring substituents is 1. The summed E-state index contributed by atoms with van der Waals surface area (Å²) in [6, 6.07) is 4.37. The predicted molar refractivity (Wildman–Crippen MR) is 87.9 cm³/mol. The molecule has 132 valence electrons. The third-order valence-electron chi connectivity index (χ3n) is 5.64. The van der Waals surface area contributed by atoms with Crippen LogP contribution in [0.25, 0.3) is 0 Å². The lowest BCUT2D eigenvalue weighted by molar-refractivity contribution is -0.384. The Hall–Kier alpha value is -2.48. The molecule has 0 aromatic heterocycles. The number of fused-ring (bicyclic) bond motifs is 4. The molecule has 3 atom stereocenters. The summed E-state index contributed by atoms with van der Waals surface area (Å²) in [4.78, 5) is 38.1. The summed E-state index contributed by atoms with van der Waals surface area (Å²) in [6.45, 7) is 2.75. The van der Waals surface area contributed by atoms with Gasteiger partial charge in [-0.1, -0.05) is 0 Å². The molecule has 8 heteroatoms. The number of nitro groups is 1. The van der Waals surface area contributed by atoms with Crippen molar-refractivity contribution in [2.45, 2.75) is 37.8 Å². The highest BCUT2D eigenvalue weighted by molar-refractivity contribution is 6.07. The molecule has 0 bridgehead atoms. The number of non-ortho nitro benzene ring substituents is 1. The van der Waals surface area contributed by atoms with Gasteiger partial charge in [-0.15, -0.1) is 0 Å². The van der Waals surface area contributed by atoms with Gasteiger partial charge in [0, 0.05) is 29.4 Å². The number of ether oxygens (including phenoxy) is 1. The number of hydrogen-bond acceptors (Lipinski definition) is 6. The van der Waals surface area contributed by atoms with Gasteiger partial charge < -0.3 is 10.1 Å². The van der Waals surface area contributed by atoms with Crippen LogP contribution >= 0.6 is 0 Å². The van der Waals surface area contributed by atoms with E-state index in [0.29, 0.717) is 30.8 Å². The highest BCUT2D eigenvalue weighted by Gasteiger charge is 2.63. The summed E-state index contributed by atoms with van der Waals surface area (Å²) >= 11 is 0. The molecule has 0 unspecified atom stereocenters. The molecular weight excluding hydrogens is 326 g/mol. The Morgan fingerprint density at radius 1 is 1.52 bits per heavy atom. The largest absolute Gasteiger partial charge is 0.466 e. The number of nitrogens with one attached hydrogen (secondary N) is 1. The molecule has 1 N–H and O–H groups in total. The normalized spacial score (nSPS) is 30.2. The maximum Gasteiger partial charge on any atom is 0.310 e. The number of carbonyl (C=O) groups excluding carboxylic acids is 2. The molecule has 1 aromatic carbocycles. The second kappa shape index (κ2) is 5.52. The molecule has 0 radical (unpaired) electrons. The average molecular weight is 345 g/mol. The Kier molecular flexibility index (Phi) is 3.54. The fourth-order valence-electron chi connectivity index (χ4n) is 4.68. The summed E-state index contributed by atoms with van der Waals surface area (Å²) in [5.74, 6) is -0.886.